The second-order valence-corrected chi connectivity index (χ2v) is 3.38. The zero-order valence-electron chi connectivity index (χ0n) is 8.55. The number of aromatic nitrogens is 1. The number of hydrogen-bond donors (Lipinski definition) is 2. The van der Waals surface area contributed by atoms with Crippen molar-refractivity contribution in [3.63, 3.8) is 0 Å². The molecule has 0 saturated carbocycles. The van der Waals surface area contributed by atoms with E-state index in [-0.39, 0.29) is 5.69 Å². The maximum Gasteiger partial charge on any atom is 0.352 e. The Morgan fingerprint density at radius 2 is 1.81 bits per heavy atom. The van der Waals surface area contributed by atoms with Gasteiger partial charge in [-0.25, -0.2) is 4.79 Å². The topological polar surface area (TPSA) is 53.1 Å². The van der Waals surface area contributed by atoms with Crippen LogP contribution in [0.15, 0.2) is 42.5 Å². The fraction of sp³-hybridized carbons (Fsp3) is 0. The smallest absolute Gasteiger partial charge is 0.352 e. The summed E-state index contributed by atoms with van der Waals surface area (Å²) in [6.45, 7) is 0. The maximum atomic E-state index is 10.6. The molecule has 2 N–H and O–H groups in total. The minimum atomic E-state index is -0.945. The molecule has 0 aliphatic heterocycles. The van der Waals surface area contributed by atoms with Crippen molar-refractivity contribution in [2.45, 2.75) is 0 Å². The first-order valence-electron chi connectivity index (χ1n) is 4.91. The van der Waals surface area contributed by atoms with Crippen LogP contribution in [-0.4, -0.2) is 16.1 Å². The normalized spacial score (nSPS) is 10.8. The van der Waals surface area contributed by atoms with Crippen LogP contribution in [0.2, 0.25) is 0 Å². The fourth-order valence-electron chi connectivity index (χ4n) is 1.38. The van der Waals surface area contributed by atoms with Crippen molar-refractivity contribution >= 4 is 18.1 Å². The Kier molecular flexibility index (Phi) is 2.87. The van der Waals surface area contributed by atoms with Crippen molar-refractivity contribution in [1.29, 1.82) is 0 Å². The molecule has 0 atom stereocenters. The van der Waals surface area contributed by atoms with Crippen molar-refractivity contribution in [3.05, 3.63) is 59.4 Å². The lowest BCUT2D eigenvalue weighted by Gasteiger charge is -1.91. The maximum absolute atomic E-state index is 10.6. The Balaban J connectivity index is 2.15. The lowest BCUT2D eigenvalue weighted by atomic mass is 10.2. The first-order chi connectivity index (χ1) is 7.75. The van der Waals surface area contributed by atoms with Gasteiger partial charge in [0.25, 0.3) is 0 Å². The molecule has 1 aromatic heterocycles. The summed E-state index contributed by atoms with van der Waals surface area (Å²) < 4.78 is 0. The first-order valence-corrected chi connectivity index (χ1v) is 4.91. The first kappa shape index (κ1) is 10.2. The molecule has 0 fully saturated rings. The molecule has 0 amide bonds. The number of aromatic carboxylic acids is 1. The fourth-order valence-corrected chi connectivity index (χ4v) is 1.38. The number of benzene rings is 1. The van der Waals surface area contributed by atoms with Crippen LogP contribution in [0, 0.1) is 0 Å². The lowest BCUT2D eigenvalue weighted by molar-refractivity contribution is 0.0691. The van der Waals surface area contributed by atoms with Crippen LogP contribution in [-0.2, 0) is 0 Å². The highest BCUT2D eigenvalue weighted by atomic mass is 16.4. The molecule has 3 nitrogen and oxygen atoms in total. The Hall–Kier alpha value is -2.29. The molecule has 0 radical (unpaired) electrons. The third-order valence-electron chi connectivity index (χ3n) is 2.19. The van der Waals surface area contributed by atoms with Crippen molar-refractivity contribution in [2.75, 3.05) is 0 Å². The number of carboxylic acids is 1. The number of rotatable bonds is 3. The Bertz CT molecular complexity index is 512. The predicted octanol–water partition coefficient (Wildman–Crippen LogP) is 2.88. The third kappa shape index (κ3) is 2.39. The van der Waals surface area contributed by atoms with Crippen molar-refractivity contribution < 1.29 is 9.90 Å². The summed E-state index contributed by atoms with van der Waals surface area (Å²) in [6.07, 6.45) is 3.78. The van der Waals surface area contributed by atoms with E-state index in [0.29, 0.717) is 0 Å². The van der Waals surface area contributed by atoms with Crippen molar-refractivity contribution in [2.24, 2.45) is 0 Å². The SMILES string of the molecule is O=C(O)c1ccc(C=Cc2ccccc2)[nH]1. The summed E-state index contributed by atoms with van der Waals surface area (Å²) in [4.78, 5) is 13.4. The monoisotopic (exact) mass is 213 g/mol. The third-order valence-corrected chi connectivity index (χ3v) is 2.19. The van der Waals surface area contributed by atoms with Crippen molar-refractivity contribution in [1.82, 2.24) is 4.98 Å². The van der Waals surface area contributed by atoms with Crippen LogP contribution >= 0.6 is 0 Å². The Labute approximate surface area is 93.1 Å². The van der Waals surface area contributed by atoms with Gasteiger partial charge in [-0.15, -0.1) is 0 Å². The van der Waals surface area contributed by atoms with Crippen LogP contribution in [0.3, 0.4) is 0 Å². The molecule has 0 aliphatic carbocycles. The number of H-pyrrole nitrogens is 1. The van der Waals surface area contributed by atoms with E-state index in [9.17, 15) is 4.79 Å². The zero-order chi connectivity index (χ0) is 11.4. The van der Waals surface area contributed by atoms with Crippen molar-refractivity contribution in [3.8, 4) is 0 Å². The molecular formula is C13H11NO2. The van der Waals surface area contributed by atoms with Gasteiger partial charge in [-0.05, 0) is 23.8 Å². The van der Waals surface area contributed by atoms with E-state index in [0.717, 1.165) is 11.3 Å². The zero-order valence-corrected chi connectivity index (χ0v) is 8.55. The van der Waals surface area contributed by atoms with E-state index in [1.54, 1.807) is 12.1 Å². The summed E-state index contributed by atoms with van der Waals surface area (Å²) in [6, 6.07) is 13.1. The standard InChI is InChI=1S/C13H11NO2/c15-13(16)12-9-8-11(14-12)7-6-10-4-2-1-3-5-10/h1-9,14H,(H,15,16). The van der Waals surface area contributed by atoms with E-state index in [1.165, 1.54) is 0 Å². The van der Waals surface area contributed by atoms with E-state index >= 15 is 0 Å². The molecule has 2 aromatic rings. The van der Waals surface area contributed by atoms with Crippen LogP contribution < -0.4 is 0 Å². The summed E-state index contributed by atoms with van der Waals surface area (Å²) >= 11 is 0. The molecule has 3 heteroatoms. The summed E-state index contributed by atoms with van der Waals surface area (Å²) in [5, 5.41) is 8.73. The molecule has 0 aliphatic rings. The molecular weight excluding hydrogens is 202 g/mol. The van der Waals surface area contributed by atoms with Crippen LogP contribution in [0.1, 0.15) is 21.7 Å². The van der Waals surface area contributed by atoms with Gasteiger partial charge in [0.1, 0.15) is 5.69 Å². The molecule has 1 aromatic carbocycles. The van der Waals surface area contributed by atoms with Gasteiger partial charge >= 0.3 is 5.97 Å². The van der Waals surface area contributed by atoms with Crippen LogP contribution in [0.5, 0.6) is 0 Å². The number of carbonyl (C=O) groups is 1. The largest absolute Gasteiger partial charge is 0.477 e. The minimum Gasteiger partial charge on any atom is -0.477 e. The number of aromatic amines is 1. The lowest BCUT2D eigenvalue weighted by Crippen LogP contribution is -1.95. The second-order valence-electron chi connectivity index (χ2n) is 3.38. The number of nitrogens with one attached hydrogen (secondary N) is 1. The van der Waals surface area contributed by atoms with Gasteiger partial charge < -0.3 is 10.1 Å². The molecule has 0 saturated heterocycles. The van der Waals surface area contributed by atoms with Crippen LogP contribution in [0.4, 0.5) is 0 Å². The highest BCUT2D eigenvalue weighted by molar-refractivity contribution is 5.86. The van der Waals surface area contributed by atoms with Gasteiger partial charge in [0, 0.05) is 5.69 Å². The van der Waals surface area contributed by atoms with Gasteiger partial charge in [-0.1, -0.05) is 36.4 Å². The predicted molar refractivity (Wildman–Crippen MR) is 63.1 cm³/mol. The molecule has 16 heavy (non-hydrogen) atoms. The number of carboxylic acid groups (broad SMARTS) is 1. The average molecular weight is 213 g/mol. The summed E-state index contributed by atoms with van der Waals surface area (Å²) in [5.41, 5.74) is 2.06. The Morgan fingerprint density at radius 1 is 1.06 bits per heavy atom. The highest BCUT2D eigenvalue weighted by Gasteiger charge is 2.02. The Morgan fingerprint density at radius 3 is 2.44 bits per heavy atom. The van der Waals surface area contributed by atoms with E-state index in [1.807, 2.05) is 42.5 Å². The quantitative estimate of drug-likeness (QED) is 0.823. The molecule has 2 rings (SSSR count). The number of hydrogen-bond acceptors (Lipinski definition) is 1. The van der Waals surface area contributed by atoms with E-state index in [2.05, 4.69) is 4.98 Å². The van der Waals surface area contributed by atoms with Gasteiger partial charge in [0.15, 0.2) is 0 Å². The molecule has 0 spiro atoms. The molecule has 1 heterocycles. The van der Waals surface area contributed by atoms with Gasteiger partial charge in [-0.2, -0.15) is 0 Å². The van der Waals surface area contributed by atoms with Gasteiger partial charge in [0.2, 0.25) is 0 Å². The summed E-state index contributed by atoms with van der Waals surface area (Å²) in [7, 11) is 0. The van der Waals surface area contributed by atoms with Gasteiger partial charge in [-0.3, -0.25) is 0 Å². The second kappa shape index (κ2) is 4.49. The van der Waals surface area contributed by atoms with E-state index < -0.39 is 5.97 Å². The minimum absolute atomic E-state index is 0.202. The average Bonchev–Trinajstić information content (AvgIpc) is 2.76. The van der Waals surface area contributed by atoms with Gasteiger partial charge in [0.05, 0.1) is 0 Å². The molecule has 80 valence electrons. The molecule has 0 unspecified atom stereocenters. The highest BCUT2D eigenvalue weighted by Crippen LogP contribution is 2.08. The van der Waals surface area contributed by atoms with Crippen LogP contribution in [0.25, 0.3) is 12.2 Å². The summed E-state index contributed by atoms with van der Waals surface area (Å²) in [5.74, 6) is -0.945. The molecule has 0 bridgehead atoms. The van der Waals surface area contributed by atoms with E-state index in [4.69, 9.17) is 5.11 Å².